The number of carbonyl (C=O) groups is 3. The minimum absolute atomic E-state index is 0.187. The summed E-state index contributed by atoms with van der Waals surface area (Å²) in [5.41, 5.74) is -0.129. The first kappa shape index (κ1) is 25.8. The number of ether oxygens (including phenoxy) is 2. The molecule has 1 atom stereocenters. The summed E-state index contributed by atoms with van der Waals surface area (Å²) >= 11 is 2.26. The van der Waals surface area contributed by atoms with Crippen molar-refractivity contribution in [2.24, 2.45) is 7.05 Å². The second-order valence-electron chi connectivity index (χ2n) is 8.67. The zero-order valence-corrected chi connectivity index (χ0v) is 21.6. The van der Waals surface area contributed by atoms with Gasteiger partial charge in [0.05, 0.1) is 24.0 Å². The van der Waals surface area contributed by atoms with Crippen LogP contribution in [0.2, 0.25) is 0 Å². The van der Waals surface area contributed by atoms with E-state index in [1.165, 1.54) is 16.0 Å². The lowest BCUT2D eigenvalue weighted by Crippen LogP contribution is -2.39. The number of nitrogens with one attached hydrogen (secondary N) is 2. The van der Waals surface area contributed by atoms with Crippen molar-refractivity contribution < 1.29 is 33.1 Å². The zero-order valence-electron chi connectivity index (χ0n) is 20.0. The lowest BCUT2D eigenvalue weighted by atomic mass is 10.0. The molecule has 186 valence electrons. The molecule has 0 bridgehead atoms. The Morgan fingerprint density at radius 1 is 1.35 bits per heavy atom. The highest BCUT2D eigenvalue weighted by Gasteiger charge is 2.33. The quantitative estimate of drug-likeness (QED) is 0.342. The fourth-order valence-electron chi connectivity index (χ4n) is 3.29. The van der Waals surface area contributed by atoms with Crippen molar-refractivity contribution in [2.75, 3.05) is 18.5 Å². The van der Waals surface area contributed by atoms with E-state index in [-0.39, 0.29) is 18.2 Å². The normalized spacial score (nSPS) is 14.4. The van der Waals surface area contributed by atoms with Gasteiger partial charge in [-0.15, -0.1) is 11.3 Å². The summed E-state index contributed by atoms with van der Waals surface area (Å²) in [7, 11) is 1.60. The summed E-state index contributed by atoms with van der Waals surface area (Å²) in [4.78, 5) is 52.4. The Kier molecular flexibility index (Phi) is 7.76. The van der Waals surface area contributed by atoms with E-state index in [2.05, 4.69) is 10.6 Å². The predicted octanol–water partition coefficient (Wildman–Crippen LogP) is 2.44. The molecular weight excluding hydrogens is 484 g/mol. The Morgan fingerprint density at radius 3 is 2.65 bits per heavy atom. The van der Waals surface area contributed by atoms with Crippen LogP contribution in [0.4, 0.5) is 9.80 Å². The number of rotatable bonds is 6. The number of aromatic nitrogens is 2. The number of anilines is 1. The largest absolute Gasteiger partial charge is 0.462 e. The molecule has 1 aliphatic rings. The molecule has 0 aliphatic carbocycles. The Hall–Kier alpha value is -2.80. The molecule has 2 N–H and O–H groups in total. The average Bonchev–Trinajstić information content (AvgIpc) is 3.26. The van der Waals surface area contributed by atoms with Crippen LogP contribution < -0.4 is 15.6 Å². The lowest BCUT2D eigenvalue weighted by Gasteiger charge is -2.30. The van der Waals surface area contributed by atoms with Crippen molar-refractivity contribution in [1.82, 2.24) is 10.2 Å². The van der Waals surface area contributed by atoms with Gasteiger partial charge in [-0.2, -0.15) is 0 Å². The van der Waals surface area contributed by atoms with Crippen LogP contribution in [-0.4, -0.2) is 52.1 Å². The third-order valence-corrected chi connectivity index (χ3v) is 7.20. The topological polar surface area (TPSA) is 135 Å². The first-order chi connectivity index (χ1) is 15.9. The van der Waals surface area contributed by atoms with E-state index < -0.39 is 34.4 Å². The number of nitrogens with zero attached hydrogens (tertiary/aromatic N) is 2. The van der Waals surface area contributed by atoms with Gasteiger partial charge in [0.15, 0.2) is 7.05 Å². The number of aryl methyl sites for hydroxylation is 1. The molecular formula is C21H29N4O7S2+. The number of thioether (sulfide) groups is 1. The minimum Gasteiger partial charge on any atom is -0.462 e. The Labute approximate surface area is 204 Å². The van der Waals surface area contributed by atoms with Gasteiger partial charge in [-0.05, 0) is 63.6 Å². The van der Waals surface area contributed by atoms with Gasteiger partial charge in [0.25, 0.3) is 0 Å². The van der Waals surface area contributed by atoms with Gasteiger partial charge in [0, 0.05) is 11.4 Å². The molecule has 2 aromatic heterocycles. The van der Waals surface area contributed by atoms with Gasteiger partial charge in [0.2, 0.25) is 5.91 Å². The molecule has 0 fully saturated rings. The van der Waals surface area contributed by atoms with E-state index >= 15 is 0 Å². The molecule has 0 spiro atoms. The molecule has 3 heterocycles. The second kappa shape index (κ2) is 10.2. The van der Waals surface area contributed by atoms with Crippen LogP contribution in [0.3, 0.4) is 0 Å². The third kappa shape index (κ3) is 5.81. The molecule has 0 saturated carbocycles. The summed E-state index contributed by atoms with van der Waals surface area (Å²) < 4.78 is 16.8. The Morgan fingerprint density at radius 2 is 2.06 bits per heavy atom. The van der Waals surface area contributed by atoms with Gasteiger partial charge in [-0.3, -0.25) is 9.32 Å². The van der Waals surface area contributed by atoms with Gasteiger partial charge in [-0.1, -0.05) is 4.68 Å². The number of fused-ring (bicyclic) bond motifs is 1. The molecule has 13 heteroatoms. The van der Waals surface area contributed by atoms with Crippen molar-refractivity contribution in [3.63, 3.8) is 0 Å². The molecule has 0 radical (unpaired) electrons. The van der Waals surface area contributed by atoms with Crippen LogP contribution in [0, 0.1) is 0 Å². The number of amides is 2. The van der Waals surface area contributed by atoms with Crippen molar-refractivity contribution in [1.29, 1.82) is 0 Å². The summed E-state index contributed by atoms with van der Waals surface area (Å²) in [6.07, 6.45) is -0.00218. The number of esters is 1. The Bertz CT molecular complexity index is 1150. The highest BCUT2D eigenvalue weighted by Crippen LogP contribution is 2.38. The standard InChI is InChI=1S/C21H28N4O7S2/c1-7-30-18(27)14-12-8-9-25(20(29)31-21(3,4)5)10-13(12)34-16(14)22-15(26)11(2)33-17-19(28)32-23-24(17)6/h11H,7-10H2,1-6H3,(H-,22,23,26,27,28)/p+1. The average molecular weight is 514 g/mol. The molecule has 0 aromatic carbocycles. The number of H-pyrrole nitrogens is 1. The van der Waals surface area contributed by atoms with Gasteiger partial charge in [-0.25, -0.2) is 14.4 Å². The minimum atomic E-state index is -0.655. The van der Waals surface area contributed by atoms with E-state index in [9.17, 15) is 19.2 Å². The van der Waals surface area contributed by atoms with E-state index in [1.54, 1.807) is 46.6 Å². The van der Waals surface area contributed by atoms with Crippen LogP contribution in [-0.2, 0) is 34.3 Å². The monoisotopic (exact) mass is 513 g/mol. The third-order valence-electron chi connectivity index (χ3n) is 4.84. The zero-order chi connectivity index (χ0) is 25.2. The molecule has 34 heavy (non-hydrogen) atoms. The summed E-state index contributed by atoms with van der Waals surface area (Å²) in [5.74, 6) is -0.919. The van der Waals surface area contributed by atoms with Crippen molar-refractivity contribution in [3.8, 4) is 0 Å². The SMILES string of the molecule is CCOC(=O)c1c(NC(=O)C(C)Sc2c(=O)o[nH][n+]2C)sc2c1CCN(C(=O)OC(C)(C)C)C2. The van der Waals surface area contributed by atoms with Crippen LogP contribution in [0.25, 0.3) is 0 Å². The number of thiophene rings is 1. The van der Waals surface area contributed by atoms with E-state index in [1.807, 2.05) is 0 Å². The summed E-state index contributed by atoms with van der Waals surface area (Å²) in [5, 5.41) is 5.16. The van der Waals surface area contributed by atoms with Crippen molar-refractivity contribution >= 4 is 46.1 Å². The van der Waals surface area contributed by atoms with Crippen LogP contribution in [0.15, 0.2) is 14.3 Å². The van der Waals surface area contributed by atoms with Crippen molar-refractivity contribution in [3.05, 3.63) is 26.4 Å². The predicted molar refractivity (Wildman–Crippen MR) is 125 cm³/mol. The number of hydrogen-bond acceptors (Lipinski definition) is 9. The van der Waals surface area contributed by atoms with Crippen LogP contribution in [0.1, 0.15) is 55.4 Å². The van der Waals surface area contributed by atoms with Gasteiger partial charge >= 0.3 is 22.7 Å². The molecule has 0 saturated heterocycles. The summed E-state index contributed by atoms with van der Waals surface area (Å²) in [6.45, 7) is 9.59. The van der Waals surface area contributed by atoms with E-state index in [0.717, 1.165) is 22.2 Å². The van der Waals surface area contributed by atoms with E-state index in [4.69, 9.17) is 14.0 Å². The smallest absolute Gasteiger partial charge is 0.441 e. The van der Waals surface area contributed by atoms with Gasteiger partial charge in [0.1, 0.15) is 10.6 Å². The maximum atomic E-state index is 12.9. The first-order valence-corrected chi connectivity index (χ1v) is 12.5. The second-order valence-corrected chi connectivity index (χ2v) is 11.1. The number of carbonyl (C=O) groups excluding carboxylic acids is 3. The molecule has 11 nitrogen and oxygen atoms in total. The molecule has 1 unspecified atom stereocenters. The fourth-order valence-corrected chi connectivity index (χ4v) is 5.38. The molecule has 1 aliphatic heterocycles. The first-order valence-electron chi connectivity index (χ1n) is 10.8. The maximum Gasteiger partial charge on any atom is 0.441 e. The van der Waals surface area contributed by atoms with Crippen LogP contribution in [0.5, 0.6) is 0 Å². The molecule has 2 aromatic rings. The lowest BCUT2D eigenvalue weighted by molar-refractivity contribution is -0.772. The van der Waals surface area contributed by atoms with E-state index in [0.29, 0.717) is 23.5 Å². The van der Waals surface area contributed by atoms with Crippen molar-refractivity contribution in [2.45, 2.75) is 63.5 Å². The Balaban J connectivity index is 1.83. The highest BCUT2D eigenvalue weighted by molar-refractivity contribution is 8.00. The van der Waals surface area contributed by atoms with Gasteiger partial charge < -0.3 is 19.7 Å². The molecule has 3 rings (SSSR count). The number of aromatic amines is 1. The maximum absolute atomic E-state index is 12.9. The fraction of sp³-hybridized carbons (Fsp3) is 0.571. The van der Waals surface area contributed by atoms with Crippen LogP contribution >= 0.6 is 23.1 Å². The highest BCUT2D eigenvalue weighted by atomic mass is 32.2. The molecule has 2 amide bonds. The summed E-state index contributed by atoms with van der Waals surface area (Å²) in [6, 6.07) is 0. The number of hydrogen-bond donors (Lipinski definition) is 2.